The Bertz CT molecular complexity index is 450. The molecule has 8 heteroatoms. The van der Waals surface area contributed by atoms with E-state index >= 15 is 0 Å². The van der Waals surface area contributed by atoms with E-state index in [-0.39, 0.29) is 18.9 Å². The van der Waals surface area contributed by atoms with E-state index in [2.05, 4.69) is 20.6 Å². The first kappa shape index (κ1) is 14.7. The van der Waals surface area contributed by atoms with Crippen LogP contribution in [-0.4, -0.2) is 47.7 Å². The molecule has 0 saturated heterocycles. The predicted octanol–water partition coefficient (Wildman–Crippen LogP) is 0.529. The number of hydrogen-bond donors (Lipinski definition) is 3. The molecule has 0 aliphatic carbocycles. The van der Waals surface area contributed by atoms with Crippen LogP contribution in [0.5, 0.6) is 0 Å². The van der Waals surface area contributed by atoms with Gasteiger partial charge in [-0.1, -0.05) is 0 Å². The third-order valence-corrected chi connectivity index (χ3v) is 2.18. The first-order valence-corrected chi connectivity index (χ1v) is 5.76. The second-order valence-corrected chi connectivity index (χ2v) is 4.01. The molecular formula is C11H17N5O3. The van der Waals surface area contributed by atoms with Gasteiger partial charge in [-0.15, -0.1) is 0 Å². The van der Waals surface area contributed by atoms with Gasteiger partial charge in [0.05, 0.1) is 0 Å². The highest BCUT2D eigenvalue weighted by atomic mass is 16.4. The summed E-state index contributed by atoms with van der Waals surface area (Å²) >= 11 is 0. The Morgan fingerprint density at radius 2 is 2.16 bits per heavy atom. The normalized spacial score (nSPS) is 9.79. The molecule has 0 atom stereocenters. The highest BCUT2D eigenvalue weighted by Gasteiger charge is 2.05. The van der Waals surface area contributed by atoms with Gasteiger partial charge < -0.3 is 15.3 Å². The van der Waals surface area contributed by atoms with Crippen LogP contribution in [0.25, 0.3) is 0 Å². The van der Waals surface area contributed by atoms with Gasteiger partial charge in [-0.25, -0.2) is 9.78 Å². The number of amides is 2. The number of aliphatic carboxylic acids is 1. The summed E-state index contributed by atoms with van der Waals surface area (Å²) in [4.78, 5) is 31.6. The zero-order valence-corrected chi connectivity index (χ0v) is 10.9. The summed E-state index contributed by atoms with van der Waals surface area (Å²) in [5, 5.41) is 13.5. The van der Waals surface area contributed by atoms with Crippen LogP contribution in [0.2, 0.25) is 0 Å². The second kappa shape index (κ2) is 7.14. The minimum Gasteiger partial charge on any atom is -0.481 e. The zero-order chi connectivity index (χ0) is 14.3. The third-order valence-electron chi connectivity index (χ3n) is 2.18. The summed E-state index contributed by atoms with van der Waals surface area (Å²) in [6, 6.07) is 1.26. The number of carboxylic acids is 1. The number of urea groups is 1. The highest BCUT2D eigenvalue weighted by molar-refractivity contribution is 5.87. The van der Waals surface area contributed by atoms with Crippen molar-refractivity contribution in [3.63, 3.8) is 0 Å². The summed E-state index contributed by atoms with van der Waals surface area (Å²) < 4.78 is 0. The third kappa shape index (κ3) is 5.66. The van der Waals surface area contributed by atoms with Crippen LogP contribution in [0, 0.1) is 0 Å². The molecule has 1 rings (SSSR count). The Morgan fingerprint density at radius 3 is 2.79 bits per heavy atom. The SMILES string of the molecule is CN(C)c1ccnc(NC(=O)NCCCC(=O)O)n1. The monoisotopic (exact) mass is 267 g/mol. The van der Waals surface area contributed by atoms with E-state index in [1.54, 1.807) is 17.2 Å². The smallest absolute Gasteiger partial charge is 0.321 e. The van der Waals surface area contributed by atoms with Gasteiger partial charge in [-0.2, -0.15) is 4.98 Å². The lowest BCUT2D eigenvalue weighted by atomic mass is 10.3. The number of carbonyl (C=O) groups excluding carboxylic acids is 1. The van der Waals surface area contributed by atoms with Gasteiger partial charge in [0.15, 0.2) is 0 Å². The van der Waals surface area contributed by atoms with Crippen molar-refractivity contribution in [3.8, 4) is 0 Å². The number of nitrogens with zero attached hydrogens (tertiary/aromatic N) is 3. The van der Waals surface area contributed by atoms with Crippen LogP contribution in [0.4, 0.5) is 16.6 Å². The molecule has 1 aromatic rings. The fourth-order valence-electron chi connectivity index (χ4n) is 1.25. The van der Waals surface area contributed by atoms with Gasteiger partial charge in [-0.3, -0.25) is 10.1 Å². The molecule has 1 aromatic heterocycles. The van der Waals surface area contributed by atoms with Crippen LogP contribution >= 0.6 is 0 Å². The van der Waals surface area contributed by atoms with E-state index < -0.39 is 12.0 Å². The van der Waals surface area contributed by atoms with Gasteiger partial charge in [0.25, 0.3) is 0 Å². The maximum Gasteiger partial charge on any atom is 0.321 e. The molecule has 1 heterocycles. The highest BCUT2D eigenvalue weighted by Crippen LogP contribution is 2.07. The van der Waals surface area contributed by atoms with Gasteiger partial charge in [-0.05, 0) is 12.5 Å². The van der Waals surface area contributed by atoms with Crippen molar-refractivity contribution in [3.05, 3.63) is 12.3 Å². The first-order valence-electron chi connectivity index (χ1n) is 5.76. The van der Waals surface area contributed by atoms with Crippen LogP contribution in [0.3, 0.4) is 0 Å². The second-order valence-electron chi connectivity index (χ2n) is 4.01. The van der Waals surface area contributed by atoms with Crippen LogP contribution < -0.4 is 15.5 Å². The molecule has 104 valence electrons. The molecule has 0 saturated carbocycles. The van der Waals surface area contributed by atoms with Gasteiger partial charge in [0, 0.05) is 33.3 Å². The number of anilines is 2. The van der Waals surface area contributed by atoms with E-state index in [4.69, 9.17) is 5.11 Å². The minimum absolute atomic E-state index is 0.0207. The lowest BCUT2D eigenvalue weighted by molar-refractivity contribution is -0.137. The maximum absolute atomic E-state index is 11.5. The Balaban J connectivity index is 2.39. The average molecular weight is 267 g/mol. The molecule has 0 aliphatic heterocycles. The molecule has 3 N–H and O–H groups in total. The molecule has 2 amide bonds. The molecule has 0 bridgehead atoms. The van der Waals surface area contributed by atoms with Crippen molar-refractivity contribution >= 4 is 23.8 Å². The van der Waals surface area contributed by atoms with Crippen molar-refractivity contribution in [2.75, 3.05) is 30.9 Å². The molecule has 0 radical (unpaired) electrons. The summed E-state index contributed by atoms with van der Waals surface area (Å²) in [6.45, 7) is 0.283. The van der Waals surface area contributed by atoms with Crippen molar-refractivity contribution in [2.45, 2.75) is 12.8 Å². The fraction of sp³-hybridized carbons (Fsp3) is 0.455. The standard InChI is InChI=1S/C11H17N5O3/c1-16(2)8-5-7-12-10(14-8)15-11(19)13-6-3-4-9(17)18/h5,7H,3-4,6H2,1-2H3,(H,17,18)(H2,12,13,14,15,19). The minimum atomic E-state index is -0.885. The molecular weight excluding hydrogens is 250 g/mol. The van der Waals surface area contributed by atoms with E-state index in [1.807, 2.05) is 14.1 Å². The topological polar surface area (TPSA) is 107 Å². The van der Waals surface area contributed by atoms with Crippen molar-refractivity contribution in [2.24, 2.45) is 0 Å². The lowest BCUT2D eigenvalue weighted by Crippen LogP contribution is -2.30. The molecule has 19 heavy (non-hydrogen) atoms. The Kier molecular flexibility index (Phi) is 5.52. The van der Waals surface area contributed by atoms with E-state index in [9.17, 15) is 9.59 Å². The van der Waals surface area contributed by atoms with E-state index in [1.165, 1.54) is 0 Å². The van der Waals surface area contributed by atoms with Gasteiger partial charge >= 0.3 is 12.0 Å². The number of carbonyl (C=O) groups is 2. The summed E-state index contributed by atoms with van der Waals surface area (Å²) in [5.41, 5.74) is 0. The average Bonchev–Trinajstić information content (AvgIpc) is 2.34. The molecule has 0 aliphatic rings. The lowest BCUT2D eigenvalue weighted by Gasteiger charge is -2.12. The van der Waals surface area contributed by atoms with Crippen LogP contribution in [0.1, 0.15) is 12.8 Å². The van der Waals surface area contributed by atoms with Crippen LogP contribution in [-0.2, 0) is 4.79 Å². The summed E-state index contributed by atoms with van der Waals surface area (Å²) in [6.07, 6.45) is 1.94. The maximum atomic E-state index is 11.5. The molecule has 0 fully saturated rings. The van der Waals surface area contributed by atoms with E-state index in [0.717, 1.165) is 0 Å². The predicted molar refractivity (Wildman–Crippen MR) is 70.3 cm³/mol. The molecule has 0 unspecified atom stereocenters. The zero-order valence-electron chi connectivity index (χ0n) is 10.9. The number of aromatic nitrogens is 2. The number of carboxylic acid groups (broad SMARTS) is 1. The first-order chi connectivity index (χ1) is 8.99. The largest absolute Gasteiger partial charge is 0.481 e. The quantitative estimate of drug-likeness (QED) is 0.649. The molecule has 0 aromatic carbocycles. The summed E-state index contributed by atoms with van der Waals surface area (Å²) in [7, 11) is 3.66. The Morgan fingerprint density at radius 1 is 1.42 bits per heavy atom. The van der Waals surface area contributed by atoms with Crippen molar-refractivity contribution in [1.29, 1.82) is 0 Å². The number of nitrogens with one attached hydrogen (secondary N) is 2. The van der Waals surface area contributed by atoms with E-state index in [0.29, 0.717) is 12.2 Å². The molecule has 8 nitrogen and oxygen atoms in total. The van der Waals surface area contributed by atoms with Crippen LogP contribution in [0.15, 0.2) is 12.3 Å². The molecule has 0 spiro atoms. The van der Waals surface area contributed by atoms with Crippen molar-refractivity contribution in [1.82, 2.24) is 15.3 Å². The van der Waals surface area contributed by atoms with Gasteiger partial charge in [0.2, 0.25) is 5.95 Å². The van der Waals surface area contributed by atoms with Crippen molar-refractivity contribution < 1.29 is 14.7 Å². The number of rotatable bonds is 6. The Labute approximate surface area is 110 Å². The number of hydrogen-bond acceptors (Lipinski definition) is 5. The Hall–Kier alpha value is -2.38. The van der Waals surface area contributed by atoms with Gasteiger partial charge in [0.1, 0.15) is 5.82 Å². The summed E-state index contributed by atoms with van der Waals surface area (Å²) in [5.74, 6) is -0.0117. The fourth-order valence-corrected chi connectivity index (χ4v) is 1.25.